The van der Waals surface area contributed by atoms with E-state index in [1.807, 2.05) is 5.32 Å². The molecule has 0 aromatic heterocycles. The Balaban J connectivity index is 2.23. The number of rotatable bonds is 2. The highest BCUT2D eigenvalue weighted by molar-refractivity contribution is 8.26. The van der Waals surface area contributed by atoms with Crippen LogP contribution in [0.15, 0.2) is 28.3 Å². The van der Waals surface area contributed by atoms with Crippen LogP contribution in [0.1, 0.15) is 25.3 Å². The summed E-state index contributed by atoms with van der Waals surface area (Å²) in [5.74, 6) is -1.27. The fraction of sp³-hybridized carbons (Fsp3) is 0.429. The molecule has 1 aliphatic carbocycles. The summed E-state index contributed by atoms with van der Waals surface area (Å²) in [5, 5.41) is 16.3. The average Bonchev–Trinajstić information content (AvgIpc) is 3.36. The minimum atomic E-state index is -4.03. The van der Waals surface area contributed by atoms with Gasteiger partial charge in [-0.25, -0.2) is 8.78 Å². The van der Waals surface area contributed by atoms with E-state index in [1.165, 1.54) is 6.07 Å². The van der Waals surface area contributed by atoms with Crippen LogP contribution >= 0.6 is 10.6 Å². The smallest absolute Gasteiger partial charge is 0.220 e. The van der Waals surface area contributed by atoms with Gasteiger partial charge in [-0.15, -0.1) is 10.6 Å². The van der Waals surface area contributed by atoms with Gasteiger partial charge in [0.1, 0.15) is 33.6 Å². The number of nitrogens with one attached hydrogen (secondary N) is 2. The number of carbonyl (C=O) groups is 1. The summed E-state index contributed by atoms with van der Waals surface area (Å²) < 4.78 is 49.1. The van der Waals surface area contributed by atoms with Gasteiger partial charge in [-0.2, -0.15) is 0 Å². The molecule has 3 rings (SSSR count). The number of carboxylic acid groups (broad SMARTS) is 1. The third kappa shape index (κ3) is 2.50. The van der Waals surface area contributed by atoms with E-state index in [4.69, 9.17) is 5.53 Å². The van der Waals surface area contributed by atoms with Crippen LogP contribution in [-0.4, -0.2) is 31.3 Å². The molecule has 1 unspecified atom stereocenters. The van der Waals surface area contributed by atoms with Crippen LogP contribution in [-0.2, 0) is 5.54 Å². The molecule has 0 radical (unpaired) electrons. The molecule has 1 amide bonds. The Morgan fingerprint density at radius 2 is 2.19 bits per heavy atom. The molecule has 26 heavy (non-hydrogen) atoms. The SMILES string of the molecule is C[C@]1(c2cc(N=[N+]=N)ccc2F)N=C(NC(=O)[O-])C2(CC2)S(O)(O)C1F. The molecule has 0 bridgehead atoms. The molecule has 1 aromatic carbocycles. The van der Waals surface area contributed by atoms with E-state index in [-0.39, 0.29) is 29.9 Å². The number of benzene rings is 1. The van der Waals surface area contributed by atoms with Crippen molar-refractivity contribution in [1.29, 1.82) is 5.53 Å². The normalized spacial score (nSPS) is 29.3. The molecule has 2 atom stereocenters. The summed E-state index contributed by atoms with van der Waals surface area (Å²) >= 11 is 0. The Labute approximate surface area is 147 Å². The van der Waals surface area contributed by atoms with Crippen LogP contribution in [0, 0.1) is 11.3 Å². The lowest BCUT2D eigenvalue weighted by molar-refractivity contribution is -0.248. The zero-order valence-corrected chi connectivity index (χ0v) is 14.3. The molecular weight excluding hydrogens is 372 g/mol. The molecule has 1 heterocycles. The van der Waals surface area contributed by atoms with Gasteiger partial charge in [-0.05, 0) is 38.0 Å². The summed E-state index contributed by atoms with van der Waals surface area (Å²) in [7, 11) is -4.03. The highest BCUT2D eigenvalue weighted by atomic mass is 32.3. The number of alkyl halides is 1. The number of nitrogens with zero attached hydrogens (tertiary/aromatic N) is 3. The Morgan fingerprint density at radius 1 is 1.54 bits per heavy atom. The van der Waals surface area contributed by atoms with Crippen molar-refractivity contribution in [2.45, 2.75) is 35.6 Å². The molecule has 9 nitrogen and oxygen atoms in total. The maximum absolute atomic E-state index is 15.2. The molecular formula is C14H15F2N5O4S. The van der Waals surface area contributed by atoms with Crippen molar-refractivity contribution in [3.8, 4) is 0 Å². The molecule has 1 saturated carbocycles. The number of carbonyl (C=O) groups excluding carboxylic acids is 1. The van der Waals surface area contributed by atoms with E-state index in [0.29, 0.717) is 0 Å². The highest BCUT2D eigenvalue weighted by Gasteiger charge is 2.68. The van der Waals surface area contributed by atoms with Gasteiger partial charge in [0.05, 0.1) is 0 Å². The average molecular weight is 387 g/mol. The molecule has 1 spiro atoms. The predicted molar refractivity (Wildman–Crippen MR) is 86.4 cm³/mol. The fourth-order valence-electron chi connectivity index (χ4n) is 3.14. The molecule has 0 saturated heterocycles. The number of hydrogen-bond donors (Lipinski definition) is 4. The van der Waals surface area contributed by atoms with E-state index in [2.05, 4.69) is 15.0 Å². The molecule has 1 aromatic rings. The van der Waals surface area contributed by atoms with Gasteiger partial charge in [-0.1, -0.05) is 0 Å². The molecule has 4 N–H and O–H groups in total. The van der Waals surface area contributed by atoms with Crippen LogP contribution in [0.3, 0.4) is 0 Å². The second-order valence-electron chi connectivity index (χ2n) is 6.29. The monoisotopic (exact) mass is 387 g/mol. The first kappa shape index (κ1) is 18.4. The van der Waals surface area contributed by atoms with Crippen molar-refractivity contribution in [3.05, 3.63) is 29.6 Å². The summed E-state index contributed by atoms with van der Waals surface area (Å²) in [6, 6.07) is 3.22. The van der Waals surface area contributed by atoms with Gasteiger partial charge in [0.15, 0.2) is 10.8 Å². The van der Waals surface area contributed by atoms with Gasteiger partial charge < -0.3 is 15.2 Å². The van der Waals surface area contributed by atoms with E-state index in [9.17, 15) is 23.4 Å². The second kappa shape index (κ2) is 5.81. The van der Waals surface area contributed by atoms with E-state index in [0.717, 1.165) is 19.1 Å². The standard InChI is InChI=1S/C14H15F2N5O4S/c1-13(8-6-7(20-21-17)2-3-9(8)15)10(16)26(24,25)14(4-5-14)11(19-13)18-12(22)23/h2-3,6,10,17H,4-5H2,1H3,(H3-,18,19,22,23,24,25)/t10?,13-/m1/s1. The lowest BCUT2D eigenvalue weighted by Gasteiger charge is -2.52. The van der Waals surface area contributed by atoms with E-state index >= 15 is 4.39 Å². The van der Waals surface area contributed by atoms with E-state index in [1.54, 1.807) is 0 Å². The van der Waals surface area contributed by atoms with Crippen LogP contribution in [0.5, 0.6) is 0 Å². The van der Waals surface area contributed by atoms with Gasteiger partial charge in [-0.3, -0.25) is 14.1 Å². The maximum Gasteiger partial charge on any atom is 0.220 e. The maximum atomic E-state index is 15.2. The van der Waals surface area contributed by atoms with Crippen LogP contribution in [0.4, 0.5) is 19.3 Å². The zero-order chi connectivity index (χ0) is 19.3. The number of aliphatic imine (C=N–C) groups is 1. The molecule has 1 aliphatic heterocycles. The molecule has 140 valence electrons. The predicted octanol–water partition coefficient (Wildman–Crippen LogP) is 2.15. The van der Waals surface area contributed by atoms with Gasteiger partial charge in [0.25, 0.3) is 0 Å². The highest BCUT2D eigenvalue weighted by Crippen LogP contribution is 2.73. The van der Waals surface area contributed by atoms with Crippen molar-refractivity contribution in [3.63, 3.8) is 0 Å². The number of hydrogen-bond acceptors (Lipinski definition) is 7. The minimum absolute atomic E-state index is 0.0256. The largest absolute Gasteiger partial charge is 0.530 e. The second-order valence-corrected chi connectivity index (χ2v) is 8.67. The van der Waals surface area contributed by atoms with Crippen molar-refractivity contribution in [2.75, 3.05) is 0 Å². The Bertz CT molecular complexity index is 869. The van der Waals surface area contributed by atoms with Gasteiger partial charge in [0, 0.05) is 5.56 Å². The Morgan fingerprint density at radius 3 is 2.73 bits per heavy atom. The lowest BCUT2D eigenvalue weighted by Crippen LogP contribution is -2.56. The van der Waals surface area contributed by atoms with Crippen LogP contribution < -0.4 is 15.3 Å². The van der Waals surface area contributed by atoms with Crippen molar-refractivity contribution in [1.82, 2.24) is 10.2 Å². The van der Waals surface area contributed by atoms with Crippen molar-refractivity contribution < 1.29 is 27.8 Å². The minimum Gasteiger partial charge on any atom is -0.530 e. The number of amidine groups is 1. The van der Waals surface area contributed by atoms with Crippen LogP contribution in [0.25, 0.3) is 0 Å². The third-order valence-electron chi connectivity index (χ3n) is 4.67. The first-order valence-corrected chi connectivity index (χ1v) is 9.06. The Kier molecular flexibility index (Phi) is 4.11. The van der Waals surface area contributed by atoms with Gasteiger partial charge in [0.2, 0.25) is 10.4 Å². The van der Waals surface area contributed by atoms with Crippen molar-refractivity contribution in [2.24, 2.45) is 10.1 Å². The van der Waals surface area contributed by atoms with Crippen molar-refractivity contribution >= 4 is 28.2 Å². The molecule has 2 aliphatic rings. The Hall–Kier alpha value is -2.40. The van der Waals surface area contributed by atoms with E-state index < -0.39 is 38.3 Å². The first-order valence-electron chi connectivity index (χ1n) is 7.45. The quantitative estimate of drug-likeness (QED) is 0.453. The summed E-state index contributed by atoms with van der Waals surface area (Å²) in [4.78, 5) is 17.8. The molecule has 12 heteroatoms. The van der Waals surface area contributed by atoms with Crippen LogP contribution in [0.2, 0.25) is 0 Å². The fourth-order valence-corrected chi connectivity index (χ4v) is 5.44. The zero-order valence-electron chi connectivity index (χ0n) is 13.4. The third-order valence-corrected chi connectivity index (χ3v) is 7.45. The summed E-state index contributed by atoms with van der Waals surface area (Å²) in [6.07, 6.45) is -1.50. The summed E-state index contributed by atoms with van der Waals surface area (Å²) in [5.41, 5.74) is 1.86. The molecule has 1 fully saturated rings. The van der Waals surface area contributed by atoms with Gasteiger partial charge >= 0.3 is 0 Å². The lowest BCUT2D eigenvalue weighted by atomic mass is 9.92. The summed E-state index contributed by atoms with van der Waals surface area (Å²) in [6.45, 7) is 1.12. The topological polar surface area (TPSA) is 155 Å². The first-order chi connectivity index (χ1) is 12.1. The number of halogens is 2. The number of amides is 1.